The second-order valence-electron chi connectivity index (χ2n) is 5.13. The number of carbonyl (C=O) groups is 1. The average Bonchev–Trinajstić information content (AvgIpc) is 2.52. The third-order valence-electron chi connectivity index (χ3n) is 3.65. The standard InChI is InChI=1S/C16H23NO3/c1-19-15-7-6-14(13-18)12-16(15)20-11-5-10-17-8-3-2-4-9-17/h6-7,12-13H,2-5,8-11H2,1H3. The Morgan fingerprint density at radius 2 is 2.00 bits per heavy atom. The van der Waals surface area contributed by atoms with E-state index in [9.17, 15) is 4.79 Å². The van der Waals surface area contributed by atoms with E-state index in [1.165, 1.54) is 32.4 Å². The molecular weight excluding hydrogens is 254 g/mol. The van der Waals surface area contributed by atoms with Gasteiger partial charge in [-0.1, -0.05) is 6.42 Å². The van der Waals surface area contributed by atoms with Gasteiger partial charge in [-0.3, -0.25) is 4.79 Å². The van der Waals surface area contributed by atoms with Crippen LogP contribution < -0.4 is 9.47 Å². The maximum absolute atomic E-state index is 10.8. The molecule has 20 heavy (non-hydrogen) atoms. The predicted octanol–water partition coefficient (Wildman–Crippen LogP) is 2.76. The lowest BCUT2D eigenvalue weighted by molar-refractivity contribution is 0.112. The predicted molar refractivity (Wildman–Crippen MR) is 78.8 cm³/mol. The molecule has 4 nitrogen and oxygen atoms in total. The van der Waals surface area contributed by atoms with Crippen LogP contribution in [0.1, 0.15) is 36.0 Å². The summed E-state index contributed by atoms with van der Waals surface area (Å²) in [6.07, 6.45) is 5.81. The van der Waals surface area contributed by atoms with Gasteiger partial charge in [0.25, 0.3) is 0 Å². The van der Waals surface area contributed by atoms with Gasteiger partial charge in [0.2, 0.25) is 0 Å². The molecule has 1 aliphatic heterocycles. The average molecular weight is 277 g/mol. The van der Waals surface area contributed by atoms with Gasteiger partial charge in [-0.25, -0.2) is 0 Å². The van der Waals surface area contributed by atoms with Crippen molar-refractivity contribution in [3.8, 4) is 11.5 Å². The molecule has 0 unspecified atom stereocenters. The number of hydrogen-bond donors (Lipinski definition) is 0. The molecule has 1 heterocycles. The van der Waals surface area contributed by atoms with Gasteiger partial charge in [0.05, 0.1) is 13.7 Å². The Hall–Kier alpha value is -1.55. The van der Waals surface area contributed by atoms with Gasteiger partial charge in [0, 0.05) is 12.1 Å². The summed E-state index contributed by atoms with van der Waals surface area (Å²) < 4.78 is 11.0. The van der Waals surface area contributed by atoms with Crippen LogP contribution in [-0.4, -0.2) is 44.5 Å². The third kappa shape index (κ3) is 4.23. The van der Waals surface area contributed by atoms with Crippen molar-refractivity contribution in [1.29, 1.82) is 0 Å². The van der Waals surface area contributed by atoms with Crippen LogP contribution in [0, 0.1) is 0 Å². The Balaban J connectivity index is 1.79. The Bertz CT molecular complexity index is 428. The summed E-state index contributed by atoms with van der Waals surface area (Å²) in [6.45, 7) is 4.15. The number of aldehydes is 1. The monoisotopic (exact) mass is 277 g/mol. The van der Waals surface area contributed by atoms with Crippen molar-refractivity contribution in [2.75, 3.05) is 33.4 Å². The molecule has 110 valence electrons. The molecule has 1 fully saturated rings. The molecule has 0 spiro atoms. The van der Waals surface area contributed by atoms with E-state index in [0.717, 1.165) is 19.3 Å². The molecule has 0 saturated carbocycles. The van der Waals surface area contributed by atoms with E-state index in [4.69, 9.17) is 9.47 Å². The van der Waals surface area contributed by atoms with Crippen LogP contribution >= 0.6 is 0 Å². The second kappa shape index (κ2) is 7.90. The normalized spacial score (nSPS) is 15.8. The Labute approximate surface area is 120 Å². The van der Waals surface area contributed by atoms with E-state index >= 15 is 0 Å². The lowest BCUT2D eigenvalue weighted by atomic mass is 10.1. The molecule has 0 radical (unpaired) electrons. The first-order valence-electron chi connectivity index (χ1n) is 7.32. The number of nitrogens with zero attached hydrogens (tertiary/aromatic N) is 1. The first-order valence-corrected chi connectivity index (χ1v) is 7.32. The third-order valence-corrected chi connectivity index (χ3v) is 3.65. The van der Waals surface area contributed by atoms with Crippen molar-refractivity contribution in [3.63, 3.8) is 0 Å². The Kier molecular flexibility index (Phi) is 5.87. The van der Waals surface area contributed by atoms with Crippen LogP contribution in [-0.2, 0) is 0 Å². The zero-order chi connectivity index (χ0) is 14.2. The highest BCUT2D eigenvalue weighted by molar-refractivity contribution is 5.76. The topological polar surface area (TPSA) is 38.8 Å². The van der Waals surface area contributed by atoms with Gasteiger partial charge in [0.1, 0.15) is 6.29 Å². The first kappa shape index (κ1) is 14.9. The molecule has 1 aliphatic rings. The largest absolute Gasteiger partial charge is 0.493 e. The fraction of sp³-hybridized carbons (Fsp3) is 0.562. The molecule has 0 N–H and O–H groups in total. The van der Waals surface area contributed by atoms with Crippen LogP contribution in [0.15, 0.2) is 18.2 Å². The molecule has 0 aliphatic carbocycles. The van der Waals surface area contributed by atoms with Gasteiger partial charge < -0.3 is 14.4 Å². The van der Waals surface area contributed by atoms with Crippen LogP contribution in [0.2, 0.25) is 0 Å². The van der Waals surface area contributed by atoms with E-state index in [-0.39, 0.29) is 0 Å². The number of carbonyl (C=O) groups excluding carboxylic acids is 1. The summed E-state index contributed by atoms with van der Waals surface area (Å²) >= 11 is 0. The fourth-order valence-corrected chi connectivity index (χ4v) is 2.53. The molecule has 0 bridgehead atoms. The van der Waals surface area contributed by atoms with E-state index < -0.39 is 0 Å². The van der Waals surface area contributed by atoms with E-state index in [0.29, 0.717) is 23.7 Å². The van der Waals surface area contributed by atoms with Crippen LogP contribution in [0.4, 0.5) is 0 Å². The molecular formula is C16H23NO3. The van der Waals surface area contributed by atoms with Crippen molar-refractivity contribution in [1.82, 2.24) is 4.90 Å². The van der Waals surface area contributed by atoms with Crippen LogP contribution in [0.5, 0.6) is 11.5 Å². The summed E-state index contributed by atoms with van der Waals surface area (Å²) in [5, 5.41) is 0. The number of methoxy groups -OCH3 is 1. The number of likely N-dealkylation sites (tertiary alicyclic amines) is 1. The zero-order valence-electron chi connectivity index (χ0n) is 12.1. The Morgan fingerprint density at radius 3 is 2.70 bits per heavy atom. The van der Waals surface area contributed by atoms with Crippen molar-refractivity contribution in [3.05, 3.63) is 23.8 Å². The van der Waals surface area contributed by atoms with Crippen LogP contribution in [0.3, 0.4) is 0 Å². The number of piperidine rings is 1. The van der Waals surface area contributed by atoms with Crippen molar-refractivity contribution in [2.24, 2.45) is 0 Å². The minimum absolute atomic E-state index is 0.608. The SMILES string of the molecule is COc1ccc(C=O)cc1OCCCN1CCCCC1. The fourth-order valence-electron chi connectivity index (χ4n) is 2.53. The molecule has 4 heteroatoms. The highest BCUT2D eigenvalue weighted by atomic mass is 16.5. The van der Waals surface area contributed by atoms with Gasteiger partial charge in [0.15, 0.2) is 11.5 Å². The molecule has 0 aromatic heterocycles. The number of ether oxygens (including phenoxy) is 2. The maximum atomic E-state index is 10.8. The lowest BCUT2D eigenvalue weighted by Crippen LogP contribution is -2.31. The van der Waals surface area contributed by atoms with Gasteiger partial charge in [-0.05, 0) is 50.6 Å². The maximum Gasteiger partial charge on any atom is 0.161 e. The Morgan fingerprint density at radius 1 is 1.20 bits per heavy atom. The lowest BCUT2D eigenvalue weighted by Gasteiger charge is -2.26. The highest BCUT2D eigenvalue weighted by Gasteiger charge is 2.10. The summed E-state index contributed by atoms with van der Waals surface area (Å²) in [5.41, 5.74) is 0.608. The molecule has 1 aromatic rings. The van der Waals surface area contributed by atoms with Crippen LogP contribution in [0.25, 0.3) is 0 Å². The molecule has 1 saturated heterocycles. The van der Waals surface area contributed by atoms with Crippen molar-refractivity contribution >= 4 is 6.29 Å². The second-order valence-corrected chi connectivity index (χ2v) is 5.13. The number of rotatable bonds is 7. The summed E-state index contributed by atoms with van der Waals surface area (Å²) in [7, 11) is 1.61. The highest BCUT2D eigenvalue weighted by Crippen LogP contribution is 2.27. The van der Waals surface area contributed by atoms with E-state index in [2.05, 4.69) is 4.90 Å². The summed E-state index contributed by atoms with van der Waals surface area (Å²) in [6, 6.07) is 5.23. The van der Waals surface area contributed by atoms with Crippen molar-refractivity contribution < 1.29 is 14.3 Å². The van der Waals surface area contributed by atoms with Gasteiger partial charge in [-0.2, -0.15) is 0 Å². The van der Waals surface area contributed by atoms with E-state index in [1.54, 1.807) is 25.3 Å². The number of hydrogen-bond acceptors (Lipinski definition) is 4. The minimum atomic E-state index is 0.608. The van der Waals surface area contributed by atoms with Gasteiger partial charge in [-0.15, -0.1) is 0 Å². The zero-order valence-corrected chi connectivity index (χ0v) is 12.1. The summed E-state index contributed by atoms with van der Waals surface area (Å²) in [5.74, 6) is 1.32. The molecule has 2 rings (SSSR count). The van der Waals surface area contributed by atoms with Crippen molar-refractivity contribution in [2.45, 2.75) is 25.7 Å². The molecule has 0 atom stereocenters. The molecule has 1 aromatic carbocycles. The number of benzene rings is 1. The smallest absolute Gasteiger partial charge is 0.161 e. The first-order chi connectivity index (χ1) is 9.83. The van der Waals surface area contributed by atoms with Gasteiger partial charge >= 0.3 is 0 Å². The quantitative estimate of drug-likeness (QED) is 0.567. The summed E-state index contributed by atoms with van der Waals surface area (Å²) in [4.78, 5) is 13.3. The minimum Gasteiger partial charge on any atom is -0.493 e. The van der Waals surface area contributed by atoms with E-state index in [1.807, 2.05) is 0 Å². The molecule has 0 amide bonds.